The van der Waals surface area contributed by atoms with E-state index in [9.17, 15) is 14.4 Å². The molecule has 0 heterocycles. The highest BCUT2D eigenvalue weighted by Gasteiger charge is 2.23. The first-order valence-corrected chi connectivity index (χ1v) is 6.56. The molecule has 3 N–H and O–H groups in total. The summed E-state index contributed by atoms with van der Waals surface area (Å²) in [6, 6.07) is -0.183. The summed E-state index contributed by atoms with van der Waals surface area (Å²) in [7, 11) is 1.66. The normalized spacial score (nSPS) is 14.1. The van der Waals surface area contributed by atoms with E-state index in [2.05, 4.69) is 16.0 Å². The quantitative estimate of drug-likeness (QED) is 0.578. The summed E-state index contributed by atoms with van der Waals surface area (Å²) in [5, 5.41) is 7.59. The Hall–Kier alpha value is -1.63. The second-order valence-electron chi connectivity index (χ2n) is 4.82. The molecule has 0 unspecified atom stereocenters. The largest absolute Gasteiger partial charge is 0.352 e. The zero-order valence-corrected chi connectivity index (χ0v) is 11.5. The molecular weight excluding hydrogens is 248 g/mol. The van der Waals surface area contributed by atoms with Crippen LogP contribution in [0.1, 0.15) is 26.2 Å². The van der Waals surface area contributed by atoms with E-state index in [-0.39, 0.29) is 19.0 Å². The number of nitrogens with one attached hydrogen (secondary N) is 3. The first kappa shape index (κ1) is 15.4. The van der Waals surface area contributed by atoms with Gasteiger partial charge in [-0.2, -0.15) is 0 Å². The summed E-state index contributed by atoms with van der Waals surface area (Å²) in [5.41, 5.74) is 0. The summed E-state index contributed by atoms with van der Waals surface area (Å²) in [6.45, 7) is 2.62. The van der Waals surface area contributed by atoms with Crippen LogP contribution in [0.2, 0.25) is 0 Å². The molecule has 1 rings (SSSR count). The molecular formula is C12H22N4O3. The monoisotopic (exact) mass is 270 g/mol. The molecule has 0 aromatic carbocycles. The Labute approximate surface area is 113 Å². The summed E-state index contributed by atoms with van der Waals surface area (Å²) < 4.78 is 0. The summed E-state index contributed by atoms with van der Waals surface area (Å²) in [4.78, 5) is 35.8. The smallest absolute Gasteiger partial charge is 0.321 e. The molecule has 0 saturated heterocycles. The van der Waals surface area contributed by atoms with Gasteiger partial charge in [0.05, 0.1) is 13.1 Å². The van der Waals surface area contributed by atoms with Gasteiger partial charge in [-0.3, -0.25) is 19.8 Å². The van der Waals surface area contributed by atoms with Gasteiger partial charge >= 0.3 is 6.03 Å². The van der Waals surface area contributed by atoms with E-state index in [0.29, 0.717) is 12.6 Å². The SMILES string of the molecule is CCCNC(=O)NC(=O)CN(C)CC(=O)NC1CC1. The number of hydrogen-bond acceptors (Lipinski definition) is 4. The molecule has 0 atom stereocenters. The zero-order valence-electron chi connectivity index (χ0n) is 11.5. The predicted molar refractivity (Wildman–Crippen MR) is 70.5 cm³/mol. The minimum Gasteiger partial charge on any atom is -0.352 e. The van der Waals surface area contributed by atoms with E-state index in [4.69, 9.17) is 0 Å². The van der Waals surface area contributed by atoms with Gasteiger partial charge in [-0.25, -0.2) is 4.79 Å². The molecule has 0 spiro atoms. The van der Waals surface area contributed by atoms with Crippen LogP contribution in [0.15, 0.2) is 0 Å². The summed E-state index contributed by atoms with van der Waals surface area (Å²) >= 11 is 0. The van der Waals surface area contributed by atoms with E-state index in [1.807, 2.05) is 6.92 Å². The highest BCUT2D eigenvalue weighted by atomic mass is 16.2. The van der Waals surface area contributed by atoms with Crippen LogP contribution in [0.5, 0.6) is 0 Å². The van der Waals surface area contributed by atoms with Crippen LogP contribution in [0.25, 0.3) is 0 Å². The van der Waals surface area contributed by atoms with Gasteiger partial charge in [-0.1, -0.05) is 6.92 Å². The lowest BCUT2D eigenvalue weighted by Gasteiger charge is -2.15. The Balaban J connectivity index is 2.15. The van der Waals surface area contributed by atoms with E-state index < -0.39 is 11.9 Å². The van der Waals surface area contributed by atoms with Crippen LogP contribution in [0, 0.1) is 0 Å². The highest BCUT2D eigenvalue weighted by molar-refractivity contribution is 5.95. The van der Waals surface area contributed by atoms with Crippen molar-refractivity contribution in [2.24, 2.45) is 0 Å². The number of nitrogens with zero attached hydrogens (tertiary/aromatic N) is 1. The number of carbonyl (C=O) groups excluding carboxylic acids is 3. The number of likely N-dealkylation sites (N-methyl/N-ethyl adjacent to an activating group) is 1. The van der Waals surface area contributed by atoms with Crippen molar-refractivity contribution in [1.29, 1.82) is 0 Å². The van der Waals surface area contributed by atoms with Crippen LogP contribution >= 0.6 is 0 Å². The first-order chi connectivity index (χ1) is 9.01. The fourth-order valence-electron chi connectivity index (χ4n) is 1.50. The molecule has 4 amide bonds. The lowest BCUT2D eigenvalue weighted by Crippen LogP contribution is -2.45. The summed E-state index contributed by atoms with van der Waals surface area (Å²) in [5.74, 6) is -0.511. The third kappa shape index (κ3) is 7.40. The van der Waals surface area contributed by atoms with Crippen LogP contribution in [0.4, 0.5) is 4.79 Å². The Kier molecular flexibility index (Phi) is 6.27. The van der Waals surface area contributed by atoms with Crippen molar-refractivity contribution in [3.63, 3.8) is 0 Å². The van der Waals surface area contributed by atoms with Crippen LogP contribution < -0.4 is 16.0 Å². The molecule has 0 bridgehead atoms. The molecule has 0 aromatic rings. The van der Waals surface area contributed by atoms with Gasteiger partial charge in [0.15, 0.2) is 0 Å². The van der Waals surface area contributed by atoms with Crippen molar-refractivity contribution in [3.8, 4) is 0 Å². The van der Waals surface area contributed by atoms with Crippen LogP contribution in [-0.4, -0.2) is 55.5 Å². The zero-order chi connectivity index (χ0) is 14.3. The van der Waals surface area contributed by atoms with E-state index >= 15 is 0 Å². The fraction of sp³-hybridized carbons (Fsp3) is 0.750. The van der Waals surface area contributed by atoms with Crippen molar-refractivity contribution in [2.75, 3.05) is 26.7 Å². The molecule has 0 aliphatic heterocycles. The van der Waals surface area contributed by atoms with Crippen molar-refractivity contribution < 1.29 is 14.4 Å². The maximum absolute atomic E-state index is 11.5. The number of amides is 4. The minimum atomic E-state index is -0.498. The Morgan fingerprint density at radius 2 is 1.79 bits per heavy atom. The molecule has 1 aliphatic carbocycles. The standard InChI is InChI=1S/C12H22N4O3/c1-3-6-13-12(19)15-11(18)8-16(2)7-10(17)14-9-4-5-9/h9H,3-8H2,1-2H3,(H,14,17)(H2,13,15,18,19). The molecule has 7 heteroatoms. The molecule has 0 aromatic heterocycles. The minimum absolute atomic E-state index is 0.0115. The molecule has 19 heavy (non-hydrogen) atoms. The lowest BCUT2D eigenvalue weighted by atomic mass is 10.4. The topological polar surface area (TPSA) is 90.5 Å². The van der Waals surface area contributed by atoms with Crippen molar-refractivity contribution in [1.82, 2.24) is 20.9 Å². The van der Waals surface area contributed by atoms with Gasteiger partial charge in [0.1, 0.15) is 0 Å². The number of imide groups is 1. The van der Waals surface area contributed by atoms with Gasteiger partial charge in [-0.05, 0) is 26.3 Å². The van der Waals surface area contributed by atoms with Crippen LogP contribution in [-0.2, 0) is 9.59 Å². The molecule has 1 fully saturated rings. The molecule has 1 aliphatic rings. The summed E-state index contributed by atoms with van der Waals surface area (Å²) in [6.07, 6.45) is 2.88. The molecule has 0 radical (unpaired) electrons. The average molecular weight is 270 g/mol. The van der Waals surface area contributed by atoms with Gasteiger partial charge in [0, 0.05) is 12.6 Å². The Morgan fingerprint density at radius 1 is 1.16 bits per heavy atom. The third-order valence-corrected chi connectivity index (χ3v) is 2.56. The number of urea groups is 1. The second-order valence-corrected chi connectivity index (χ2v) is 4.82. The fourth-order valence-corrected chi connectivity index (χ4v) is 1.50. The Morgan fingerprint density at radius 3 is 2.37 bits per heavy atom. The lowest BCUT2D eigenvalue weighted by molar-refractivity contribution is -0.124. The first-order valence-electron chi connectivity index (χ1n) is 6.56. The number of hydrogen-bond donors (Lipinski definition) is 3. The molecule has 1 saturated carbocycles. The highest BCUT2D eigenvalue weighted by Crippen LogP contribution is 2.18. The third-order valence-electron chi connectivity index (χ3n) is 2.56. The van der Waals surface area contributed by atoms with Crippen molar-refractivity contribution in [2.45, 2.75) is 32.2 Å². The van der Waals surface area contributed by atoms with Gasteiger partial charge in [0.25, 0.3) is 0 Å². The van der Waals surface area contributed by atoms with Gasteiger partial charge in [0.2, 0.25) is 11.8 Å². The number of carbonyl (C=O) groups is 3. The predicted octanol–water partition coefficient (Wildman–Crippen LogP) is -0.567. The maximum atomic E-state index is 11.5. The van der Waals surface area contributed by atoms with E-state index in [1.165, 1.54) is 0 Å². The van der Waals surface area contributed by atoms with E-state index in [0.717, 1.165) is 19.3 Å². The van der Waals surface area contributed by atoms with Crippen molar-refractivity contribution >= 4 is 17.8 Å². The molecule has 108 valence electrons. The van der Waals surface area contributed by atoms with Gasteiger partial charge in [-0.15, -0.1) is 0 Å². The number of rotatable bonds is 7. The maximum Gasteiger partial charge on any atom is 0.321 e. The molecule has 7 nitrogen and oxygen atoms in total. The van der Waals surface area contributed by atoms with Gasteiger partial charge < -0.3 is 10.6 Å². The van der Waals surface area contributed by atoms with Crippen molar-refractivity contribution in [3.05, 3.63) is 0 Å². The Bertz CT molecular complexity index is 342. The second kappa shape index (κ2) is 7.73. The van der Waals surface area contributed by atoms with Crippen LogP contribution in [0.3, 0.4) is 0 Å². The average Bonchev–Trinajstić information content (AvgIpc) is 3.09. The van der Waals surface area contributed by atoms with E-state index in [1.54, 1.807) is 11.9 Å².